The van der Waals surface area contributed by atoms with Gasteiger partial charge >= 0.3 is 0 Å². The first-order valence-electron chi connectivity index (χ1n) is 9.73. The number of rotatable bonds is 5. The molecule has 0 bridgehead atoms. The van der Waals surface area contributed by atoms with Crippen LogP contribution in [0.1, 0.15) is 11.4 Å². The molecule has 29 heavy (non-hydrogen) atoms. The summed E-state index contributed by atoms with van der Waals surface area (Å²) < 4.78 is 0. The van der Waals surface area contributed by atoms with E-state index < -0.39 is 0 Å². The van der Waals surface area contributed by atoms with Gasteiger partial charge in [-0.1, -0.05) is 35.4 Å². The van der Waals surface area contributed by atoms with Crippen molar-refractivity contribution >= 4 is 34.9 Å². The molecule has 1 saturated heterocycles. The van der Waals surface area contributed by atoms with E-state index in [1.807, 2.05) is 42.5 Å². The van der Waals surface area contributed by atoms with Crippen LogP contribution in [-0.2, 0) is 6.54 Å². The molecule has 1 aromatic heterocycles. The van der Waals surface area contributed by atoms with Gasteiger partial charge < -0.3 is 20.9 Å². The van der Waals surface area contributed by atoms with Gasteiger partial charge in [0.25, 0.3) is 0 Å². The number of anilines is 4. The summed E-state index contributed by atoms with van der Waals surface area (Å²) in [6.07, 6.45) is 0. The standard InChI is InChI=1S/C21H24ClN7/c1-15-5-7-17(8-6-15)24-21-26-19(25-20(23)27-21)14-28-9-11-29(12-10-28)18-4-2-3-16(22)13-18/h2-8,13H,9-12,14H2,1H3,(H3,23,24,25,26,27)/p+1. The minimum atomic E-state index is 0.238. The Morgan fingerprint density at radius 3 is 2.55 bits per heavy atom. The molecule has 7 nitrogen and oxygen atoms in total. The second-order valence-electron chi connectivity index (χ2n) is 7.32. The fourth-order valence-corrected chi connectivity index (χ4v) is 3.68. The Kier molecular flexibility index (Phi) is 5.78. The molecule has 0 spiro atoms. The Morgan fingerprint density at radius 2 is 1.83 bits per heavy atom. The molecule has 3 aromatic rings. The number of halogens is 1. The molecule has 0 radical (unpaired) electrons. The number of nitrogens with zero attached hydrogens (tertiary/aromatic N) is 4. The largest absolute Gasteiger partial charge is 0.368 e. The van der Waals surface area contributed by atoms with Crippen LogP contribution in [0, 0.1) is 6.92 Å². The molecule has 0 saturated carbocycles. The van der Waals surface area contributed by atoms with Crippen molar-refractivity contribution in [3.63, 3.8) is 0 Å². The summed E-state index contributed by atoms with van der Waals surface area (Å²) >= 11 is 6.12. The Balaban J connectivity index is 1.38. The Morgan fingerprint density at radius 1 is 1.07 bits per heavy atom. The summed E-state index contributed by atoms with van der Waals surface area (Å²) in [6, 6.07) is 16.1. The minimum Gasteiger partial charge on any atom is -0.368 e. The first-order valence-corrected chi connectivity index (χ1v) is 10.1. The van der Waals surface area contributed by atoms with E-state index in [1.165, 1.54) is 16.2 Å². The van der Waals surface area contributed by atoms with Crippen molar-refractivity contribution in [2.24, 2.45) is 0 Å². The maximum Gasteiger partial charge on any atom is 0.232 e. The number of nitrogens with two attached hydrogens (primary N) is 1. The molecule has 1 fully saturated rings. The van der Waals surface area contributed by atoms with Gasteiger partial charge in [0.05, 0.1) is 26.2 Å². The second kappa shape index (κ2) is 8.63. The lowest BCUT2D eigenvalue weighted by molar-refractivity contribution is -0.915. The highest BCUT2D eigenvalue weighted by Gasteiger charge is 2.22. The molecule has 0 unspecified atom stereocenters. The number of quaternary nitrogens is 1. The SMILES string of the molecule is Cc1ccc(Nc2nc(N)nc(C[NH+]3CCN(c4cccc(Cl)c4)CC3)n2)cc1. The number of aromatic nitrogens is 3. The maximum absolute atomic E-state index is 6.12. The van der Waals surface area contributed by atoms with Crippen LogP contribution in [0.3, 0.4) is 0 Å². The molecule has 1 aliphatic rings. The Bertz CT molecular complexity index is 969. The van der Waals surface area contributed by atoms with Gasteiger partial charge in [-0.3, -0.25) is 0 Å². The first-order chi connectivity index (χ1) is 14.0. The number of aryl methyl sites for hydroxylation is 1. The molecule has 4 rings (SSSR count). The van der Waals surface area contributed by atoms with Crippen LogP contribution in [0.25, 0.3) is 0 Å². The lowest BCUT2D eigenvalue weighted by Crippen LogP contribution is -3.13. The van der Waals surface area contributed by atoms with Crippen LogP contribution >= 0.6 is 11.6 Å². The second-order valence-corrected chi connectivity index (χ2v) is 7.75. The van der Waals surface area contributed by atoms with Crippen LogP contribution in [0.15, 0.2) is 48.5 Å². The Labute approximate surface area is 175 Å². The highest BCUT2D eigenvalue weighted by Crippen LogP contribution is 2.19. The molecule has 150 valence electrons. The van der Waals surface area contributed by atoms with Gasteiger partial charge in [-0.25, -0.2) is 0 Å². The summed E-state index contributed by atoms with van der Waals surface area (Å²) in [7, 11) is 0. The normalized spacial score (nSPS) is 14.8. The van der Waals surface area contributed by atoms with E-state index >= 15 is 0 Å². The molecule has 0 atom stereocenters. The zero-order valence-corrected chi connectivity index (χ0v) is 17.2. The highest BCUT2D eigenvalue weighted by atomic mass is 35.5. The number of hydrogen-bond acceptors (Lipinski definition) is 6. The summed E-state index contributed by atoms with van der Waals surface area (Å²) in [4.78, 5) is 16.9. The van der Waals surface area contributed by atoms with Crippen molar-refractivity contribution in [3.8, 4) is 0 Å². The molecule has 8 heteroatoms. The Hall–Kier alpha value is -2.90. The molecule has 2 heterocycles. The van der Waals surface area contributed by atoms with Crippen molar-refractivity contribution in [2.75, 3.05) is 42.1 Å². The molecule has 0 amide bonds. The number of piperazine rings is 1. The van der Waals surface area contributed by atoms with Crippen molar-refractivity contribution in [1.82, 2.24) is 15.0 Å². The van der Waals surface area contributed by atoms with E-state index in [1.54, 1.807) is 0 Å². The van der Waals surface area contributed by atoms with E-state index in [2.05, 4.69) is 38.2 Å². The fourth-order valence-electron chi connectivity index (χ4n) is 3.49. The minimum absolute atomic E-state index is 0.238. The lowest BCUT2D eigenvalue weighted by Gasteiger charge is -2.33. The predicted octanol–water partition coefficient (Wildman–Crippen LogP) is 2.06. The number of nitrogens with one attached hydrogen (secondary N) is 2. The topological polar surface area (TPSA) is 84.4 Å². The van der Waals surface area contributed by atoms with Gasteiger partial charge in [0.2, 0.25) is 11.9 Å². The van der Waals surface area contributed by atoms with Gasteiger partial charge in [0, 0.05) is 16.4 Å². The number of benzene rings is 2. The quantitative estimate of drug-likeness (QED) is 0.597. The third-order valence-electron chi connectivity index (χ3n) is 5.06. The van der Waals surface area contributed by atoms with Gasteiger partial charge in [-0.05, 0) is 37.3 Å². The zero-order chi connectivity index (χ0) is 20.2. The zero-order valence-electron chi connectivity index (χ0n) is 16.4. The van der Waals surface area contributed by atoms with Crippen LogP contribution in [0.5, 0.6) is 0 Å². The number of hydrogen-bond donors (Lipinski definition) is 3. The van der Waals surface area contributed by atoms with Crippen molar-refractivity contribution in [2.45, 2.75) is 13.5 Å². The highest BCUT2D eigenvalue weighted by molar-refractivity contribution is 6.30. The third-order valence-corrected chi connectivity index (χ3v) is 5.29. The summed E-state index contributed by atoms with van der Waals surface area (Å²) in [5.41, 5.74) is 9.22. The predicted molar refractivity (Wildman–Crippen MR) is 117 cm³/mol. The van der Waals surface area contributed by atoms with Crippen LogP contribution < -0.4 is 20.9 Å². The number of nitrogen functional groups attached to an aromatic ring is 1. The average molecular weight is 411 g/mol. The monoisotopic (exact) mass is 410 g/mol. The van der Waals surface area contributed by atoms with E-state index in [-0.39, 0.29) is 5.95 Å². The third kappa shape index (κ3) is 5.13. The molecule has 2 aromatic carbocycles. The smallest absolute Gasteiger partial charge is 0.232 e. The maximum atomic E-state index is 6.12. The summed E-state index contributed by atoms with van der Waals surface area (Å²) in [5, 5.41) is 3.98. The van der Waals surface area contributed by atoms with Crippen molar-refractivity contribution < 1.29 is 4.90 Å². The summed E-state index contributed by atoms with van der Waals surface area (Å²) in [5.74, 6) is 1.42. The van der Waals surface area contributed by atoms with Gasteiger partial charge in [0.1, 0.15) is 6.54 Å². The molecule has 4 N–H and O–H groups in total. The van der Waals surface area contributed by atoms with Crippen molar-refractivity contribution in [3.05, 3.63) is 64.9 Å². The van der Waals surface area contributed by atoms with E-state index in [9.17, 15) is 0 Å². The molecule has 0 aliphatic carbocycles. The molecular formula is C21H25ClN7+. The molecular weight excluding hydrogens is 386 g/mol. The van der Waals surface area contributed by atoms with Gasteiger partial charge in [0.15, 0.2) is 5.82 Å². The van der Waals surface area contributed by atoms with Crippen LogP contribution in [-0.4, -0.2) is 41.1 Å². The van der Waals surface area contributed by atoms with Gasteiger partial charge in [-0.2, -0.15) is 15.0 Å². The van der Waals surface area contributed by atoms with E-state index in [0.29, 0.717) is 11.8 Å². The first kappa shape index (κ1) is 19.4. The van der Waals surface area contributed by atoms with Crippen molar-refractivity contribution in [1.29, 1.82) is 0 Å². The lowest BCUT2D eigenvalue weighted by atomic mass is 10.2. The summed E-state index contributed by atoms with van der Waals surface area (Å²) in [6.45, 7) is 6.70. The van der Waals surface area contributed by atoms with Crippen LogP contribution in [0.2, 0.25) is 5.02 Å². The van der Waals surface area contributed by atoms with Gasteiger partial charge in [-0.15, -0.1) is 0 Å². The average Bonchev–Trinajstić information content (AvgIpc) is 2.70. The fraction of sp³-hybridized carbons (Fsp3) is 0.286. The van der Waals surface area contributed by atoms with E-state index in [0.717, 1.165) is 43.4 Å². The van der Waals surface area contributed by atoms with Crippen LogP contribution in [0.4, 0.5) is 23.3 Å². The van der Waals surface area contributed by atoms with E-state index in [4.69, 9.17) is 17.3 Å². The molecule has 1 aliphatic heterocycles.